The molecule has 102 valence electrons. The summed E-state index contributed by atoms with van der Waals surface area (Å²) in [5.41, 5.74) is 2.96. The molecule has 1 heterocycles. The summed E-state index contributed by atoms with van der Waals surface area (Å²) >= 11 is 0. The molecule has 3 nitrogen and oxygen atoms in total. The predicted molar refractivity (Wildman–Crippen MR) is 75.9 cm³/mol. The van der Waals surface area contributed by atoms with Gasteiger partial charge in [-0.3, -0.25) is 4.79 Å². The highest BCUT2D eigenvalue weighted by Gasteiger charge is 2.26. The highest BCUT2D eigenvalue weighted by molar-refractivity contribution is 5.76. The fourth-order valence-corrected chi connectivity index (χ4v) is 2.92. The Morgan fingerprint density at radius 3 is 2.79 bits per heavy atom. The Kier molecular flexibility index (Phi) is 3.56. The minimum absolute atomic E-state index is 0.274. The molecule has 1 aliphatic heterocycles. The summed E-state index contributed by atoms with van der Waals surface area (Å²) in [4.78, 5) is 13.3. The minimum atomic E-state index is 0.274. The SMILES string of the molecule is CN1CC(NCc2ccccc2C2CC2)CCC1=O. The van der Waals surface area contributed by atoms with Crippen LogP contribution in [0.25, 0.3) is 0 Å². The standard InChI is InChI=1S/C16H22N2O/c1-18-11-14(8-9-16(18)19)17-10-13-4-2-3-5-15(13)12-6-7-12/h2-5,12,14,17H,6-11H2,1H3. The Balaban J connectivity index is 1.59. The molecule has 1 aromatic rings. The number of likely N-dealkylation sites (N-methyl/N-ethyl adjacent to an activating group) is 1. The first-order valence-corrected chi connectivity index (χ1v) is 7.29. The number of piperidine rings is 1. The van der Waals surface area contributed by atoms with Crippen LogP contribution >= 0.6 is 0 Å². The third-order valence-corrected chi connectivity index (χ3v) is 4.28. The molecule has 1 amide bonds. The zero-order valence-corrected chi connectivity index (χ0v) is 11.6. The van der Waals surface area contributed by atoms with Gasteiger partial charge in [-0.15, -0.1) is 0 Å². The van der Waals surface area contributed by atoms with Gasteiger partial charge in [0.05, 0.1) is 0 Å². The summed E-state index contributed by atoms with van der Waals surface area (Å²) in [6.07, 6.45) is 4.34. The van der Waals surface area contributed by atoms with Crippen molar-refractivity contribution >= 4 is 5.91 Å². The van der Waals surface area contributed by atoms with Crippen LogP contribution in [0.5, 0.6) is 0 Å². The molecule has 0 aromatic heterocycles. The summed E-state index contributed by atoms with van der Waals surface area (Å²) in [6.45, 7) is 1.77. The third kappa shape index (κ3) is 2.98. The van der Waals surface area contributed by atoms with Gasteiger partial charge in [0.1, 0.15) is 0 Å². The topological polar surface area (TPSA) is 32.3 Å². The number of likely N-dealkylation sites (tertiary alicyclic amines) is 1. The van der Waals surface area contributed by atoms with Gasteiger partial charge in [-0.25, -0.2) is 0 Å². The average molecular weight is 258 g/mol. The molecule has 1 unspecified atom stereocenters. The Labute approximate surface area is 115 Å². The lowest BCUT2D eigenvalue weighted by Gasteiger charge is -2.30. The molecule has 3 rings (SSSR count). The Hall–Kier alpha value is -1.35. The van der Waals surface area contributed by atoms with E-state index in [4.69, 9.17) is 0 Å². The molecule has 2 aliphatic rings. The molecule has 1 aromatic carbocycles. The van der Waals surface area contributed by atoms with Crippen LogP contribution in [-0.4, -0.2) is 30.4 Å². The lowest BCUT2D eigenvalue weighted by molar-refractivity contribution is -0.132. The summed E-state index contributed by atoms with van der Waals surface area (Å²) in [5.74, 6) is 1.07. The maximum atomic E-state index is 11.5. The van der Waals surface area contributed by atoms with Gasteiger partial charge in [-0.05, 0) is 36.3 Å². The molecule has 1 saturated heterocycles. The van der Waals surface area contributed by atoms with Crippen molar-refractivity contribution in [3.05, 3.63) is 35.4 Å². The highest BCUT2D eigenvalue weighted by Crippen LogP contribution is 2.41. The molecule has 0 bridgehead atoms. The summed E-state index contributed by atoms with van der Waals surface area (Å²) in [6, 6.07) is 9.21. The number of carbonyl (C=O) groups excluding carboxylic acids is 1. The quantitative estimate of drug-likeness (QED) is 0.898. The molecule has 0 spiro atoms. The van der Waals surface area contributed by atoms with Gasteiger partial charge in [-0.2, -0.15) is 0 Å². The predicted octanol–water partition coefficient (Wildman–Crippen LogP) is 2.27. The van der Waals surface area contributed by atoms with E-state index < -0.39 is 0 Å². The van der Waals surface area contributed by atoms with E-state index in [2.05, 4.69) is 29.6 Å². The molecule has 2 fully saturated rings. The van der Waals surface area contributed by atoms with Crippen molar-refractivity contribution in [2.24, 2.45) is 0 Å². The van der Waals surface area contributed by atoms with E-state index in [1.165, 1.54) is 24.0 Å². The summed E-state index contributed by atoms with van der Waals surface area (Å²) in [7, 11) is 1.90. The molecular weight excluding hydrogens is 236 g/mol. The molecule has 1 aliphatic carbocycles. The second-order valence-corrected chi connectivity index (χ2v) is 5.86. The van der Waals surface area contributed by atoms with Crippen molar-refractivity contribution in [3.63, 3.8) is 0 Å². The number of nitrogens with one attached hydrogen (secondary N) is 1. The van der Waals surface area contributed by atoms with E-state index in [0.717, 1.165) is 25.4 Å². The van der Waals surface area contributed by atoms with E-state index in [0.29, 0.717) is 12.5 Å². The number of carbonyl (C=O) groups is 1. The van der Waals surface area contributed by atoms with Crippen LogP contribution in [0.3, 0.4) is 0 Å². The summed E-state index contributed by atoms with van der Waals surface area (Å²) < 4.78 is 0. The first-order chi connectivity index (χ1) is 9.24. The van der Waals surface area contributed by atoms with Crippen LogP contribution in [0.4, 0.5) is 0 Å². The van der Waals surface area contributed by atoms with E-state index in [-0.39, 0.29) is 5.91 Å². The highest BCUT2D eigenvalue weighted by atomic mass is 16.2. The molecule has 3 heteroatoms. The largest absolute Gasteiger partial charge is 0.344 e. The first kappa shape index (κ1) is 12.7. The number of hydrogen-bond acceptors (Lipinski definition) is 2. The lowest BCUT2D eigenvalue weighted by atomic mass is 10.0. The molecule has 19 heavy (non-hydrogen) atoms. The van der Waals surface area contributed by atoms with Gasteiger partial charge in [0.25, 0.3) is 0 Å². The van der Waals surface area contributed by atoms with Gasteiger partial charge in [-0.1, -0.05) is 24.3 Å². The summed E-state index contributed by atoms with van der Waals surface area (Å²) in [5, 5.41) is 3.62. The van der Waals surface area contributed by atoms with E-state index >= 15 is 0 Å². The first-order valence-electron chi connectivity index (χ1n) is 7.29. The van der Waals surface area contributed by atoms with E-state index in [9.17, 15) is 4.79 Å². The molecule has 0 radical (unpaired) electrons. The Bertz CT molecular complexity index is 468. The second-order valence-electron chi connectivity index (χ2n) is 5.86. The normalized spacial score (nSPS) is 23.7. The molecule has 1 saturated carbocycles. The average Bonchev–Trinajstić information content (AvgIpc) is 3.25. The number of benzene rings is 1. The van der Waals surface area contributed by atoms with E-state index in [1.54, 1.807) is 0 Å². The van der Waals surface area contributed by atoms with Crippen LogP contribution < -0.4 is 5.32 Å². The Morgan fingerprint density at radius 1 is 1.26 bits per heavy atom. The fourth-order valence-electron chi connectivity index (χ4n) is 2.92. The van der Waals surface area contributed by atoms with E-state index in [1.807, 2.05) is 11.9 Å². The van der Waals surface area contributed by atoms with Crippen molar-refractivity contribution in [3.8, 4) is 0 Å². The van der Waals surface area contributed by atoms with Crippen molar-refractivity contribution in [1.29, 1.82) is 0 Å². The lowest BCUT2D eigenvalue weighted by Crippen LogP contribution is -2.46. The number of nitrogens with zero attached hydrogens (tertiary/aromatic N) is 1. The van der Waals surface area contributed by atoms with Crippen LogP contribution in [0.1, 0.15) is 42.7 Å². The molecule has 1 N–H and O–H groups in total. The third-order valence-electron chi connectivity index (χ3n) is 4.28. The van der Waals surface area contributed by atoms with Crippen LogP contribution in [0.2, 0.25) is 0 Å². The zero-order chi connectivity index (χ0) is 13.2. The van der Waals surface area contributed by atoms with Gasteiger partial charge in [0.2, 0.25) is 5.91 Å². The number of hydrogen-bond donors (Lipinski definition) is 1. The molecule has 1 atom stereocenters. The van der Waals surface area contributed by atoms with Gasteiger partial charge >= 0.3 is 0 Å². The smallest absolute Gasteiger partial charge is 0.222 e. The van der Waals surface area contributed by atoms with Crippen molar-refractivity contribution in [1.82, 2.24) is 10.2 Å². The zero-order valence-electron chi connectivity index (χ0n) is 11.6. The number of rotatable bonds is 4. The van der Waals surface area contributed by atoms with Gasteiger partial charge < -0.3 is 10.2 Å². The van der Waals surface area contributed by atoms with Crippen LogP contribution in [0, 0.1) is 0 Å². The minimum Gasteiger partial charge on any atom is -0.344 e. The maximum Gasteiger partial charge on any atom is 0.222 e. The van der Waals surface area contributed by atoms with Crippen LogP contribution in [0.15, 0.2) is 24.3 Å². The monoisotopic (exact) mass is 258 g/mol. The van der Waals surface area contributed by atoms with Gasteiger partial charge in [0, 0.05) is 32.6 Å². The van der Waals surface area contributed by atoms with Gasteiger partial charge in [0.15, 0.2) is 0 Å². The maximum absolute atomic E-state index is 11.5. The molecular formula is C16H22N2O. The van der Waals surface area contributed by atoms with Crippen molar-refractivity contribution < 1.29 is 4.79 Å². The number of amides is 1. The van der Waals surface area contributed by atoms with Crippen molar-refractivity contribution in [2.45, 2.75) is 44.2 Å². The second kappa shape index (κ2) is 5.33. The van der Waals surface area contributed by atoms with Crippen molar-refractivity contribution in [2.75, 3.05) is 13.6 Å². The Morgan fingerprint density at radius 2 is 2.05 bits per heavy atom. The fraction of sp³-hybridized carbons (Fsp3) is 0.562. The van der Waals surface area contributed by atoms with Crippen LogP contribution in [-0.2, 0) is 11.3 Å².